The second-order valence-electron chi connectivity index (χ2n) is 7.13. The first-order chi connectivity index (χ1) is 13.5. The van der Waals surface area contributed by atoms with Crippen molar-refractivity contribution in [3.63, 3.8) is 0 Å². The molecular formula is C21H24Cl2N2O3. The molecule has 1 amide bonds. The number of aliphatic hydroxyl groups is 2. The number of carbonyl (C=O) groups is 1. The molecule has 28 heavy (non-hydrogen) atoms. The Hall–Kier alpha value is -1.63. The van der Waals surface area contributed by atoms with Crippen molar-refractivity contribution in [2.24, 2.45) is 11.8 Å². The highest BCUT2D eigenvalue weighted by Gasteiger charge is 2.36. The molecule has 7 heteroatoms. The number of benzene rings is 2. The van der Waals surface area contributed by atoms with Crippen LogP contribution in [-0.2, 0) is 4.79 Å². The SMILES string of the molecule is O=C(Nc1cc(Cl)cc(Cl)c1)[C@H](c1ccccc1)N1CC[C@@H](C(CO)CO)C1. The molecule has 2 aromatic rings. The van der Waals surface area contributed by atoms with Crippen molar-refractivity contribution in [3.8, 4) is 0 Å². The number of likely N-dealkylation sites (tertiary alicyclic amines) is 1. The van der Waals surface area contributed by atoms with Crippen LogP contribution >= 0.6 is 23.2 Å². The van der Waals surface area contributed by atoms with Gasteiger partial charge in [-0.25, -0.2) is 0 Å². The van der Waals surface area contributed by atoms with E-state index < -0.39 is 6.04 Å². The molecule has 3 N–H and O–H groups in total. The Kier molecular flexibility index (Phi) is 7.32. The second kappa shape index (κ2) is 9.72. The Balaban J connectivity index is 1.83. The number of aliphatic hydroxyl groups excluding tert-OH is 2. The molecule has 150 valence electrons. The third kappa shape index (κ3) is 5.04. The Bertz CT molecular complexity index is 779. The summed E-state index contributed by atoms with van der Waals surface area (Å²) in [5, 5.41) is 22.8. The topological polar surface area (TPSA) is 72.8 Å². The van der Waals surface area contributed by atoms with Crippen molar-refractivity contribution >= 4 is 34.8 Å². The lowest BCUT2D eigenvalue weighted by atomic mass is 9.93. The van der Waals surface area contributed by atoms with Crippen molar-refractivity contribution in [1.82, 2.24) is 4.90 Å². The first-order valence-corrected chi connectivity index (χ1v) is 10.0. The minimum atomic E-state index is -0.484. The molecule has 0 bridgehead atoms. The molecule has 3 rings (SSSR count). The zero-order valence-corrected chi connectivity index (χ0v) is 16.9. The molecule has 0 saturated carbocycles. The zero-order chi connectivity index (χ0) is 20.1. The molecule has 1 fully saturated rings. The first kappa shape index (κ1) is 21.1. The van der Waals surface area contributed by atoms with Gasteiger partial charge in [-0.1, -0.05) is 53.5 Å². The van der Waals surface area contributed by atoms with Gasteiger partial charge in [0.05, 0.1) is 0 Å². The van der Waals surface area contributed by atoms with E-state index >= 15 is 0 Å². The maximum absolute atomic E-state index is 13.2. The molecule has 0 unspecified atom stereocenters. The van der Waals surface area contributed by atoms with Crippen LogP contribution in [0, 0.1) is 11.8 Å². The molecule has 2 atom stereocenters. The Morgan fingerprint density at radius 3 is 2.36 bits per heavy atom. The summed E-state index contributed by atoms with van der Waals surface area (Å²) >= 11 is 12.1. The number of hydrogen-bond acceptors (Lipinski definition) is 4. The van der Waals surface area contributed by atoms with Crippen LogP contribution in [0.5, 0.6) is 0 Å². The molecule has 5 nitrogen and oxygen atoms in total. The Morgan fingerprint density at radius 1 is 1.11 bits per heavy atom. The third-order valence-corrected chi connectivity index (χ3v) is 5.69. The molecule has 0 radical (unpaired) electrons. The largest absolute Gasteiger partial charge is 0.396 e. The van der Waals surface area contributed by atoms with Gasteiger partial charge in [0.15, 0.2) is 0 Å². The van der Waals surface area contributed by atoms with Gasteiger partial charge in [0.1, 0.15) is 6.04 Å². The Labute approximate surface area is 174 Å². The summed E-state index contributed by atoms with van der Waals surface area (Å²) in [5.74, 6) is -0.194. The summed E-state index contributed by atoms with van der Waals surface area (Å²) in [4.78, 5) is 15.3. The molecule has 1 aliphatic rings. The predicted octanol–water partition coefficient (Wildman–Crippen LogP) is 3.60. The number of halogens is 2. The number of amides is 1. The van der Waals surface area contributed by atoms with Crippen LogP contribution in [0.3, 0.4) is 0 Å². The highest BCUT2D eigenvalue weighted by atomic mass is 35.5. The molecule has 1 saturated heterocycles. The maximum atomic E-state index is 13.2. The van der Waals surface area contributed by atoms with Gasteiger partial charge in [0.25, 0.3) is 0 Å². The molecule has 1 heterocycles. The van der Waals surface area contributed by atoms with Crippen LogP contribution in [0.1, 0.15) is 18.0 Å². The lowest BCUT2D eigenvalue weighted by Gasteiger charge is -2.28. The summed E-state index contributed by atoms with van der Waals surface area (Å²) in [6.45, 7) is 1.23. The minimum Gasteiger partial charge on any atom is -0.396 e. The van der Waals surface area contributed by atoms with Crippen molar-refractivity contribution in [2.45, 2.75) is 12.5 Å². The summed E-state index contributed by atoms with van der Waals surface area (Å²) < 4.78 is 0. The van der Waals surface area contributed by atoms with Crippen LogP contribution in [0.4, 0.5) is 5.69 Å². The standard InChI is InChI=1S/C21H24Cl2N2O3/c22-17-8-18(23)10-19(9-17)24-21(28)20(14-4-2-1-3-5-14)25-7-6-15(11-25)16(12-26)13-27/h1-5,8-10,15-16,20,26-27H,6-7,11-13H2,(H,24,28)/t15-,20+/m1/s1. The molecular weight excluding hydrogens is 399 g/mol. The van der Waals surface area contributed by atoms with Crippen LogP contribution in [0.25, 0.3) is 0 Å². The quantitative estimate of drug-likeness (QED) is 0.637. The number of anilines is 1. The number of nitrogens with zero attached hydrogens (tertiary/aromatic N) is 1. The van der Waals surface area contributed by atoms with Gasteiger partial charge in [-0.15, -0.1) is 0 Å². The first-order valence-electron chi connectivity index (χ1n) is 9.29. The summed E-state index contributed by atoms with van der Waals surface area (Å²) in [6, 6.07) is 14.0. The van der Waals surface area contributed by atoms with Gasteiger partial charge in [-0.05, 0) is 42.6 Å². The zero-order valence-electron chi connectivity index (χ0n) is 15.4. The van der Waals surface area contributed by atoms with Crippen LogP contribution in [0.15, 0.2) is 48.5 Å². The van der Waals surface area contributed by atoms with Gasteiger partial charge >= 0.3 is 0 Å². The van der Waals surface area contributed by atoms with E-state index in [9.17, 15) is 15.0 Å². The van der Waals surface area contributed by atoms with Gasteiger partial charge in [0.2, 0.25) is 5.91 Å². The molecule has 0 spiro atoms. The van der Waals surface area contributed by atoms with Gasteiger partial charge < -0.3 is 15.5 Å². The van der Waals surface area contributed by atoms with Crippen molar-refractivity contribution in [1.29, 1.82) is 0 Å². The molecule has 0 aliphatic carbocycles. The summed E-state index contributed by atoms with van der Waals surface area (Å²) in [5.41, 5.74) is 1.43. The number of nitrogens with one attached hydrogen (secondary N) is 1. The van der Waals surface area contributed by atoms with E-state index in [0.717, 1.165) is 12.0 Å². The third-order valence-electron chi connectivity index (χ3n) is 5.25. The van der Waals surface area contributed by atoms with Crippen molar-refractivity contribution in [2.75, 3.05) is 31.6 Å². The van der Waals surface area contributed by atoms with E-state index in [0.29, 0.717) is 28.8 Å². The minimum absolute atomic E-state index is 0.0573. The van der Waals surface area contributed by atoms with Gasteiger partial charge in [-0.3, -0.25) is 9.69 Å². The predicted molar refractivity (Wildman–Crippen MR) is 112 cm³/mol. The normalized spacial score (nSPS) is 18.4. The Morgan fingerprint density at radius 2 is 1.75 bits per heavy atom. The maximum Gasteiger partial charge on any atom is 0.246 e. The molecule has 2 aromatic carbocycles. The van der Waals surface area contributed by atoms with Crippen LogP contribution in [-0.4, -0.2) is 47.3 Å². The summed E-state index contributed by atoms with van der Waals surface area (Å²) in [7, 11) is 0. The van der Waals surface area contributed by atoms with Crippen LogP contribution in [0.2, 0.25) is 10.0 Å². The second-order valence-corrected chi connectivity index (χ2v) is 8.00. The highest BCUT2D eigenvalue weighted by molar-refractivity contribution is 6.35. The lowest BCUT2D eigenvalue weighted by Crippen LogP contribution is -2.37. The van der Waals surface area contributed by atoms with Crippen molar-refractivity contribution < 1.29 is 15.0 Å². The number of rotatable bonds is 7. The summed E-state index contributed by atoms with van der Waals surface area (Å²) in [6.07, 6.45) is 0.825. The van der Waals surface area contributed by atoms with Crippen LogP contribution < -0.4 is 5.32 Å². The van der Waals surface area contributed by atoms with Gasteiger partial charge in [-0.2, -0.15) is 0 Å². The van der Waals surface area contributed by atoms with E-state index in [2.05, 4.69) is 10.2 Å². The van der Waals surface area contributed by atoms with E-state index in [1.165, 1.54) is 0 Å². The van der Waals surface area contributed by atoms with E-state index in [4.69, 9.17) is 23.2 Å². The average Bonchev–Trinajstić information content (AvgIpc) is 3.12. The van der Waals surface area contributed by atoms with Crippen molar-refractivity contribution in [3.05, 3.63) is 64.1 Å². The highest BCUT2D eigenvalue weighted by Crippen LogP contribution is 2.32. The average molecular weight is 423 g/mol. The van der Waals surface area contributed by atoms with Gasteiger partial charge in [0, 0.05) is 41.4 Å². The fourth-order valence-corrected chi connectivity index (χ4v) is 4.32. The monoisotopic (exact) mass is 422 g/mol. The van der Waals surface area contributed by atoms with E-state index in [1.807, 2.05) is 30.3 Å². The smallest absolute Gasteiger partial charge is 0.246 e. The fourth-order valence-electron chi connectivity index (χ4n) is 3.79. The van der Waals surface area contributed by atoms with E-state index in [1.54, 1.807) is 18.2 Å². The lowest BCUT2D eigenvalue weighted by molar-refractivity contribution is -0.121. The molecule has 1 aliphatic heterocycles. The van der Waals surface area contributed by atoms with E-state index in [-0.39, 0.29) is 31.0 Å². The number of hydrogen-bond donors (Lipinski definition) is 3. The fraction of sp³-hybridized carbons (Fsp3) is 0.381. The molecule has 0 aromatic heterocycles. The number of carbonyl (C=O) groups excluding carboxylic acids is 1.